The molecular weight excluding hydrogens is 326 g/mol. The Bertz CT molecular complexity index is 965. The summed E-state index contributed by atoms with van der Waals surface area (Å²) < 4.78 is 19.6. The predicted molar refractivity (Wildman–Crippen MR) is 83.1 cm³/mol. The van der Waals surface area contributed by atoms with Crippen molar-refractivity contribution in [1.82, 2.24) is 14.6 Å². The summed E-state index contributed by atoms with van der Waals surface area (Å²) in [4.78, 5) is 4.15. The summed E-state index contributed by atoms with van der Waals surface area (Å²) in [5, 5.41) is 24.4. The van der Waals surface area contributed by atoms with Gasteiger partial charge in [0.15, 0.2) is 17.2 Å². The summed E-state index contributed by atoms with van der Waals surface area (Å²) in [6.07, 6.45) is -2.31. The Kier molecular flexibility index (Phi) is 2.47. The maximum absolute atomic E-state index is 10.4. The molecule has 9 nitrogen and oxygen atoms in total. The van der Waals surface area contributed by atoms with Crippen molar-refractivity contribution < 1.29 is 19.3 Å². The maximum Gasteiger partial charge on any atom is 0.218 e. The molecule has 2 aromatic heterocycles. The molecule has 3 N–H and O–H groups in total. The molecule has 0 aromatic carbocycles. The van der Waals surface area contributed by atoms with Gasteiger partial charge in [-0.25, -0.2) is 9.50 Å². The Morgan fingerprint density at radius 3 is 2.84 bits per heavy atom. The van der Waals surface area contributed by atoms with Gasteiger partial charge in [-0.2, -0.15) is 10.4 Å². The highest BCUT2D eigenvalue weighted by Crippen LogP contribution is 2.70. The minimum atomic E-state index is -1.44. The molecular formula is C16H17N5O4. The molecule has 5 rings (SSSR count). The molecule has 2 aliphatic heterocycles. The zero-order valence-electron chi connectivity index (χ0n) is 13.9. The second kappa shape index (κ2) is 4.11. The van der Waals surface area contributed by atoms with E-state index < -0.39 is 35.3 Å². The number of nitrogens with zero attached hydrogens (tertiary/aromatic N) is 4. The fourth-order valence-corrected chi connectivity index (χ4v) is 4.27. The number of hydrogen-bond acceptors (Lipinski definition) is 8. The van der Waals surface area contributed by atoms with Gasteiger partial charge in [0, 0.05) is 0 Å². The van der Waals surface area contributed by atoms with E-state index in [0.29, 0.717) is 22.9 Å². The highest BCUT2D eigenvalue weighted by atomic mass is 16.8. The van der Waals surface area contributed by atoms with Crippen molar-refractivity contribution in [3.05, 3.63) is 23.7 Å². The average molecular weight is 343 g/mol. The van der Waals surface area contributed by atoms with Gasteiger partial charge in [-0.1, -0.05) is 0 Å². The summed E-state index contributed by atoms with van der Waals surface area (Å²) in [5.74, 6) is -0.0571. The average Bonchev–Trinajstić information content (AvgIpc) is 2.93. The van der Waals surface area contributed by atoms with Crippen molar-refractivity contribution in [2.24, 2.45) is 0 Å². The van der Waals surface area contributed by atoms with Crippen LogP contribution in [-0.2, 0) is 14.2 Å². The molecule has 1 aliphatic carbocycles. The molecule has 2 saturated heterocycles. The van der Waals surface area contributed by atoms with Crippen LogP contribution in [0.15, 0.2) is 12.1 Å². The van der Waals surface area contributed by atoms with Crippen molar-refractivity contribution in [1.29, 1.82) is 5.26 Å². The van der Waals surface area contributed by atoms with Crippen molar-refractivity contribution in [2.45, 2.75) is 56.1 Å². The van der Waals surface area contributed by atoms with Gasteiger partial charge in [0.1, 0.15) is 35.7 Å². The number of aliphatic hydroxyl groups is 1. The molecule has 2 aromatic rings. The largest absolute Gasteiger partial charge is 0.386 e. The monoisotopic (exact) mass is 343 g/mol. The third-order valence-electron chi connectivity index (χ3n) is 5.26. The minimum Gasteiger partial charge on any atom is -0.386 e. The van der Waals surface area contributed by atoms with Crippen LogP contribution in [-0.4, -0.2) is 48.9 Å². The maximum atomic E-state index is 10.4. The first kappa shape index (κ1) is 15.0. The fourth-order valence-electron chi connectivity index (χ4n) is 4.27. The standard InChI is InChI=1S/C16H17N5O4/c1-7-19-12(18)9-5-4-8(21(9)20-7)10-11-16(25-14(2,3)24-11)13(22)15(16,6-17)23-10/h4-5,10-11,13,22H,1-3H3,(H2,18,19,20)/t10-,11-,13?,15+,16+/m0/s1. The Morgan fingerprint density at radius 2 is 2.12 bits per heavy atom. The lowest BCUT2D eigenvalue weighted by molar-refractivity contribution is -0.182. The Morgan fingerprint density at radius 1 is 1.36 bits per heavy atom. The third kappa shape index (κ3) is 1.52. The van der Waals surface area contributed by atoms with E-state index in [1.807, 2.05) is 6.07 Å². The van der Waals surface area contributed by atoms with Gasteiger partial charge >= 0.3 is 0 Å². The normalized spacial score (nSPS) is 40.7. The molecule has 130 valence electrons. The lowest BCUT2D eigenvalue weighted by Gasteiger charge is -2.23. The second-order valence-corrected chi connectivity index (χ2v) is 7.22. The first-order valence-electron chi connectivity index (χ1n) is 8.03. The van der Waals surface area contributed by atoms with Crippen molar-refractivity contribution in [2.75, 3.05) is 5.73 Å². The molecule has 1 spiro atoms. The van der Waals surface area contributed by atoms with Gasteiger partial charge in [-0.05, 0) is 32.9 Å². The molecule has 0 amide bonds. The van der Waals surface area contributed by atoms with E-state index in [9.17, 15) is 10.4 Å². The highest BCUT2D eigenvalue weighted by molar-refractivity contribution is 5.66. The van der Waals surface area contributed by atoms with E-state index in [4.69, 9.17) is 19.9 Å². The van der Waals surface area contributed by atoms with Crippen LogP contribution in [0.3, 0.4) is 0 Å². The molecule has 1 saturated carbocycles. The molecule has 5 atom stereocenters. The zero-order valence-corrected chi connectivity index (χ0v) is 13.9. The molecule has 4 heterocycles. The van der Waals surface area contributed by atoms with E-state index >= 15 is 0 Å². The highest BCUT2D eigenvalue weighted by Gasteiger charge is 2.93. The number of ether oxygens (including phenoxy) is 3. The van der Waals surface area contributed by atoms with Crippen LogP contribution in [0.1, 0.15) is 31.5 Å². The number of nitriles is 1. The number of anilines is 1. The summed E-state index contributed by atoms with van der Waals surface area (Å²) >= 11 is 0. The van der Waals surface area contributed by atoms with Crippen molar-refractivity contribution >= 4 is 11.3 Å². The Hall–Kier alpha value is -2.25. The smallest absolute Gasteiger partial charge is 0.218 e. The summed E-state index contributed by atoms with van der Waals surface area (Å²) in [7, 11) is 0. The number of rotatable bonds is 1. The van der Waals surface area contributed by atoms with Crippen LogP contribution in [0.25, 0.3) is 5.52 Å². The van der Waals surface area contributed by atoms with E-state index in [0.717, 1.165) is 0 Å². The number of fused-ring (bicyclic) bond motifs is 1. The van der Waals surface area contributed by atoms with E-state index in [1.165, 1.54) is 0 Å². The third-order valence-corrected chi connectivity index (χ3v) is 5.26. The van der Waals surface area contributed by atoms with Crippen LogP contribution >= 0.6 is 0 Å². The van der Waals surface area contributed by atoms with Crippen molar-refractivity contribution in [3.63, 3.8) is 0 Å². The van der Waals surface area contributed by atoms with Gasteiger partial charge in [0.2, 0.25) is 5.60 Å². The molecule has 9 heteroatoms. The van der Waals surface area contributed by atoms with E-state index in [-0.39, 0.29) is 0 Å². The molecule has 3 aliphatic rings. The molecule has 0 bridgehead atoms. The molecule has 25 heavy (non-hydrogen) atoms. The summed E-state index contributed by atoms with van der Waals surface area (Å²) in [6, 6.07) is 5.69. The topological polar surface area (TPSA) is 128 Å². The fraction of sp³-hybridized carbons (Fsp3) is 0.562. The number of nitrogens with two attached hydrogens (primary N) is 1. The van der Waals surface area contributed by atoms with E-state index in [2.05, 4.69) is 16.2 Å². The quantitative estimate of drug-likeness (QED) is 0.752. The Labute approximate surface area is 142 Å². The van der Waals surface area contributed by atoms with Crippen LogP contribution in [0.5, 0.6) is 0 Å². The molecule has 0 radical (unpaired) electrons. The second-order valence-electron chi connectivity index (χ2n) is 7.22. The molecule has 3 fully saturated rings. The first-order chi connectivity index (χ1) is 11.8. The number of nitrogen functional groups attached to an aromatic ring is 1. The van der Waals surface area contributed by atoms with Crippen molar-refractivity contribution in [3.8, 4) is 6.07 Å². The lowest BCUT2D eigenvalue weighted by Crippen LogP contribution is -2.32. The number of aromatic nitrogens is 3. The number of hydrogen-bond donors (Lipinski definition) is 2. The SMILES string of the molecule is Cc1nc(N)c2ccc([C@@H]3O[C@]4(C#N)C(O)[C@@]45OC(C)(C)O[C@@H]35)n2n1. The van der Waals surface area contributed by atoms with Gasteiger partial charge in [-0.15, -0.1) is 0 Å². The zero-order chi connectivity index (χ0) is 17.8. The Balaban J connectivity index is 1.67. The summed E-state index contributed by atoms with van der Waals surface area (Å²) in [5.41, 5.74) is 4.66. The van der Waals surface area contributed by atoms with Gasteiger partial charge in [0.05, 0.1) is 5.69 Å². The van der Waals surface area contributed by atoms with Crippen LogP contribution in [0.4, 0.5) is 5.82 Å². The summed E-state index contributed by atoms with van der Waals surface area (Å²) in [6.45, 7) is 5.25. The van der Waals surface area contributed by atoms with Crippen LogP contribution < -0.4 is 5.73 Å². The minimum absolute atomic E-state index is 0.357. The number of aryl methyl sites for hydroxylation is 1. The first-order valence-corrected chi connectivity index (χ1v) is 8.03. The predicted octanol–water partition coefficient (Wildman–Crippen LogP) is 0.218. The lowest BCUT2D eigenvalue weighted by atomic mass is 10.0. The molecule has 1 unspecified atom stereocenters. The number of aliphatic hydroxyl groups excluding tert-OH is 1. The van der Waals surface area contributed by atoms with Gasteiger partial charge < -0.3 is 25.1 Å². The van der Waals surface area contributed by atoms with Crippen LogP contribution in [0, 0.1) is 18.3 Å². The van der Waals surface area contributed by atoms with Gasteiger partial charge in [-0.3, -0.25) is 0 Å². The van der Waals surface area contributed by atoms with Crippen LogP contribution in [0.2, 0.25) is 0 Å². The van der Waals surface area contributed by atoms with E-state index in [1.54, 1.807) is 31.4 Å². The van der Waals surface area contributed by atoms with Gasteiger partial charge in [0.25, 0.3) is 0 Å².